The zero-order valence-corrected chi connectivity index (χ0v) is 28.3. The summed E-state index contributed by atoms with van der Waals surface area (Å²) in [5.74, 6) is -0.378. The van der Waals surface area contributed by atoms with E-state index in [1.807, 2.05) is 79.2 Å². The first-order valence-corrected chi connectivity index (χ1v) is 17.3. The number of fused-ring (bicyclic) bond motifs is 1. The SMILES string of the molecule is Cc1cc(-c2sc(C(=O)N3CC[C@@H](C(=O)N4CCC(O)(Cn5cnc6c(ccn6C)c5=O)CC4)[C@H](c4ccccc4)C3)cc2C)ccn1. The Kier molecular flexibility index (Phi) is 8.51. The van der Waals surface area contributed by atoms with Crippen molar-refractivity contribution in [3.05, 3.63) is 105 Å². The van der Waals surface area contributed by atoms with Crippen molar-refractivity contribution in [3.8, 4) is 10.4 Å². The highest BCUT2D eigenvalue weighted by Crippen LogP contribution is 2.38. The lowest BCUT2D eigenvalue weighted by atomic mass is 9.79. The molecule has 248 valence electrons. The molecule has 0 aliphatic carbocycles. The van der Waals surface area contributed by atoms with Crippen molar-refractivity contribution in [2.45, 2.75) is 51.2 Å². The van der Waals surface area contributed by atoms with Gasteiger partial charge < -0.3 is 19.5 Å². The number of thiophene rings is 1. The lowest BCUT2D eigenvalue weighted by Gasteiger charge is -2.43. The highest BCUT2D eigenvalue weighted by molar-refractivity contribution is 7.17. The molecular weight excluding hydrogens is 625 g/mol. The van der Waals surface area contributed by atoms with Gasteiger partial charge in [0.25, 0.3) is 11.5 Å². The molecule has 1 aromatic carbocycles. The Morgan fingerprint density at radius 3 is 2.52 bits per heavy atom. The van der Waals surface area contributed by atoms with Crippen LogP contribution in [0, 0.1) is 19.8 Å². The lowest BCUT2D eigenvalue weighted by Crippen LogP contribution is -2.53. The van der Waals surface area contributed by atoms with Gasteiger partial charge in [-0.15, -0.1) is 11.3 Å². The van der Waals surface area contributed by atoms with Crippen LogP contribution in [0.25, 0.3) is 21.5 Å². The molecule has 11 heteroatoms. The lowest BCUT2D eigenvalue weighted by molar-refractivity contribution is -0.142. The molecule has 4 aromatic heterocycles. The predicted molar refractivity (Wildman–Crippen MR) is 186 cm³/mol. The predicted octanol–water partition coefficient (Wildman–Crippen LogP) is 4.77. The molecule has 2 aliphatic heterocycles. The Morgan fingerprint density at radius 1 is 1.00 bits per heavy atom. The van der Waals surface area contributed by atoms with Crippen molar-refractivity contribution in [2.75, 3.05) is 26.2 Å². The van der Waals surface area contributed by atoms with Gasteiger partial charge in [-0.2, -0.15) is 0 Å². The van der Waals surface area contributed by atoms with E-state index in [4.69, 9.17) is 0 Å². The van der Waals surface area contributed by atoms with Crippen LogP contribution in [0.5, 0.6) is 0 Å². The van der Waals surface area contributed by atoms with Crippen LogP contribution in [0.4, 0.5) is 0 Å². The number of hydrogen-bond acceptors (Lipinski definition) is 7. The molecule has 2 saturated heterocycles. The van der Waals surface area contributed by atoms with Gasteiger partial charge in [0.15, 0.2) is 0 Å². The van der Waals surface area contributed by atoms with Crippen molar-refractivity contribution < 1.29 is 14.7 Å². The number of pyridine rings is 1. The molecule has 0 saturated carbocycles. The summed E-state index contributed by atoms with van der Waals surface area (Å²) >= 11 is 1.51. The van der Waals surface area contributed by atoms with E-state index in [2.05, 4.69) is 9.97 Å². The molecule has 6 heterocycles. The van der Waals surface area contributed by atoms with Crippen molar-refractivity contribution >= 4 is 34.2 Å². The number of likely N-dealkylation sites (tertiary alicyclic amines) is 2. The zero-order chi connectivity index (χ0) is 33.6. The Labute approximate surface area is 283 Å². The maximum Gasteiger partial charge on any atom is 0.263 e. The number of benzene rings is 1. The number of aryl methyl sites for hydroxylation is 3. The van der Waals surface area contributed by atoms with Crippen molar-refractivity contribution in [2.24, 2.45) is 13.0 Å². The summed E-state index contributed by atoms with van der Waals surface area (Å²) in [5.41, 5.74) is 3.41. The van der Waals surface area contributed by atoms with Gasteiger partial charge in [0.05, 0.1) is 22.4 Å². The molecule has 1 N–H and O–H groups in total. The topological polar surface area (TPSA) is 114 Å². The maximum absolute atomic E-state index is 14.2. The third-order valence-electron chi connectivity index (χ3n) is 10.1. The monoisotopic (exact) mass is 664 g/mol. The number of aromatic nitrogens is 4. The second-order valence-electron chi connectivity index (χ2n) is 13.4. The normalized spacial score (nSPS) is 19.5. The molecule has 7 rings (SSSR count). The Hall–Kier alpha value is -4.61. The quantitative estimate of drug-likeness (QED) is 0.280. The third-order valence-corrected chi connectivity index (χ3v) is 11.3. The minimum absolute atomic E-state index is 0.00609. The van der Waals surface area contributed by atoms with Crippen LogP contribution in [0.2, 0.25) is 0 Å². The van der Waals surface area contributed by atoms with Crippen molar-refractivity contribution in [1.29, 1.82) is 0 Å². The first kappa shape index (κ1) is 32.0. The molecule has 0 bridgehead atoms. The number of carbonyl (C=O) groups is 2. The van der Waals surface area contributed by atoms with Gasteiger partial charge >= 0.3 is 0 Å². The van der Waals surface area contributed by atoms with Crippen LogP contribution in [-0.4, -0.2) is 77.6 Å². The molecular formula is C37H40N6O4S. The molecule has 5 aromatic rings. The first-order chi connectivity index (χ1) is 23.1. The summed E-state index contributed by atoms with van der Waals surface area (Å²) in [6.45, 7) is 5.87. The van der Waals surface area contributed by atoms with Gasteiger partial charge in [0.1, 0.15) is 12.0 Å². The van der Waals surface area contributed by atoms with Crippen LogP contribution in [0.3, 0.4) is 0 Å². The van der Waals surface area contributed by atoms with Gasteiger partial charge in [-0.25, -0.2) is 4.98 Å². The van der Waals surface area contributed by atoms with E-state index in [-0.39, 0.29) is 35.8 Å². The van der Waals surface area contributed by atoms with Crippen molar-refractivity contribution in [1.82, 2.24) is 28.9 Å². The molecule has 2 atom stereocenters. The Morgan fingerprint density at radius 2 is 1.77 bits per heavy atom. The van der Waals surface area contributed by atoms with Crippen LogP contribution in [0.1, 0.15) is 51.7 Å². The summed E-state index contributed by atoms with van der Waals surface area (Å²) in [7, 11) is 1.84. The third kappa shape index (κ3) is 6.08. The van der Waals surface area contributed by atoms with E-state index < -0.39 is 5.60 Å². The summed E-state index contributed by atoms with van der Waals surface area (Å²) in [6.07, 6.45) is 6.38. The zero-order valence-electron chi connectivity index (χ0n) is 27.5. The fraction of sp³-hybridized carbons (Fsp3) is 0.378. The second kappa shape index (κ2) is 12.8. The number of hydrogen-bond donors (Lipinski definition) is 1. The van der Waals surface area contributed by atoms with Gasteiger partial charge in [-0.3, -0.25) is 23.9 Å². The number of piperidine rings is 2. The number of amides is 2. The van der Waals surface area contributed by atoms with Crippen LogP contribution < -0.4 is 5.56 Å². The standard InChI is InChI=1S/C37H40N6O4S/c1-24-19-31(48-32(24)27-9-14-38-25(2)20-27)36(46)42-16-11-28(30(21-42)26-7-5-4-6-8-26)34(44)41-17-12-37(47,13-18-41)22-43-23-39-33-29(35(43)45)10-15-40(33)3/h4-10,14-15,19-20,23,28,30,47H,11-13,16-18,21-22H2,1-3H3/t28-,30+/m1/s1. The molecule has 48 heavy (non-hydrogen) atoms. The number of rotatable bonds is 6. The first-order valence-electron chi connectivity index (χ1n) is 16.5. The summed E-state index contributed by atoms with van der Waals surface area (Å²) in [6, 6.07) is 17.7. The van der Waals surface area contributed by atoms with E-state index in [1.54, 1.807) is 23.0 Å². The maximum atomic E-state index is 14.2. The Bertz CT molecular complexity index is 2040. The smallest absolute Gasteiger partial charge is 0.263 e. The fourth-order valence-corrected chi connectivity index (χ4v) is 8.47. The van der Waals surface area contributed by atoms with Crippen LogP contribution >= 0.6 is 11.3 Å². The minimum atomic E-state index is -1.12. The summed E-state index contributed by atoms with van der Waals surface area (Å²) < 4.78 is 3.28. The molecule has 10 nitrogen and oxygen atoms in total. The minimum Gasteiger partial charge on any atom is -0.388 e. The molecule has 0 radical (unpaired) electrons. The average molecular weight is 665 g/mol. The van der Waals surface area contributed by atoms with Gasteiger partial charge in [-0.05, 0) is 74.1 Å². The van der Waals surface area contributed by atoms with E-state index in [1.165, 1.54) is 22.2 Å². The van der Waals surface area contributed by atoms with Gasteiger partial charge in [-0.1, -0.05) is 30.3 Å². The number of nitrogens with zero attached hydrogens (tertiary/aromatic N) is 6. The Balaban J connectivity index is 1.05. The van der Waals surface area contributed by atoms with E-state index >= 15 is 0 Å². The highest BCUT2D eigenvalue weighted by Gasteiger charge is 2.42. The number of aliphatic hydroxyl groups is 1. The van der Waals surface area contributed by atoms with Crippen LogP contribution in [-0.2, 0) is 18.4 Å². The van der Waals surface area contributed by atoms with E-state index in [0.717, 1.165) is 27.3 Å². The molecule has 2 aliphatic rings. The van der Waals surface area contributed by atoms with E-state index in [0.29, 0.717) is 61.4 Å². The van der Waals surface area contributed by atoms with Gasteiger partial charge in [0, 0.05) is 68.0 Å². The number of carbonyl (C=O) groups excluding carboxylic acids is 2. The van der Waals surface area contributed by atoms with Gasteiger partial charge in [0.2, 0.25) is 5.91 Å². The fourth-order valence-electron chi connectivity index (χ4n) is 7.33. The summed E-state index contributed by atoms with van der Waals surface area (Å²) in [4.78, 5) is 55.4. The molecule has 0 spiro atoms. The van der Waals surface area contributed by atoms with Crippen LogP contribution in [0.15, 0.2) is 78.1 Å². The molecule has 2 amide bonds. The highest BCUT2D eigenvalue weighted by atomic mass is 32.1. The largest absolute Gasteiger partial charge is 0.388 e. The molecule has 2 fully saturated rings. The van der Waals surface area contributed by atoms with E-state index in [9.17, 15) is 19.5 Å². The van der Waals surface area contributed by atoms with Crippen molar-refractivity contribution in [3.63, 3.8) is 0 Å². The second-order valence-corrected chi connectivity index (χ2v) is 14.4. The average Bonchev–Trinajstić information content (AvgIpc) is 3.68. The summed E-state index contributed by atoms with van der Waals surface area (Å²) in [5, 5.41) is 12.0. The molecule has 0 unspecified atom stereocenters.